The van der Waals surface area contributed by atoms with Crippen molar-refractivity contribution >= 4 is 23.2 Å². The molecule has 384 valence electrons. The highest BCUT2D eigenvalue weighted by Crippen LogP contribution is 2.36. The van der Waals surface area contributed by atoms with Gasteiger partial charge in [0.2, 0.25) is 0 Å². The molecule has 18 nitrogen and oxygen atoms in total. The summed E-state index contributed by atoms with van der Waals surface area (Å²) >= 11 is 12.7. The second-order valence-corrected chi connectivity index (χ2v) is 16.6. The molecule has 68 heavy (non-hydrogen) atoms. The predicted octanol–water partition coefficient (Wildman–Crippen LogP) is 0.758. The Balaban J connectivity index is 0.000000553. The van der Waals surface area contributed by atoms with Crippen molar-refractivity contribution in [3.05, 3.63) is 128 Å². The molecule has 4 unspecified atom stereocenters. The minimum Gasteiger partial charge on any atom is -0.494 e. The maximum atomic E-state index is 10.3. The molecule has 6 rings (SSSR count). The second kappa shape index (κ2) is 31.6. The Labute approximate surface area is 406 Å². The molecule has 0 radical (unpaired) electrons. The van der Waals surface area contributed by atoms with E-state index in [1.54, 1.807) is 24.3 Å². The monoisotopic (exact) mass is 1000 g/mol. The number of halogens is 2. The van der Waals surface area contributed by atoms with Crippen LogP contribution in [-0.4, -0.2) is 173 Å². The van der Waals surface area contributed by atoms with Crippen molar-refractivity contribution in [3.63, 3.8) is 0 Å². The Hall–Kier alpha value is -3.58. The van der Waals surface area contributed by atoms with Crippen molar-refractivity contribution in [1.82, 2.24) is 0 Å². The van der Waals surface area contributed by atoms with Crippen molar-refractivity contribution in [3.8, 4) is 11.5 Å². The molecule has 16 N–H and O–H groups in total. The van der Waals surface area contributed by atoms with Crippen LogP contribution in [0.5, 0.6) is 11.5 Å². The van der Waals surface area contributed by atoms with E-state index in [9.17, 15) is 40.9 Å². The molecule has 0 bridgehead atoms. The predicted molar refractivity (Wildman–Crippen MR) is 254 cm³/mol. The Morgan fingerprint density at radius 2 is 0.809 bits per heavy atom. The summed E-state index contributed by atoms with van der Waals surface area (Å²) in [7, 11) is 0. The summed E-state index contributed by atoms with van der Waals surface area (Å²) in [6.07, 6.45) is -11.9. The van der Waals surface area contributed by atoms with Gasteiger partial charge in [-0.3, -0.25) is 0 Å². The van der Waals surface area contributed by atoms with Gasteiger partial charge in [-0.15, -0.1) is 0 Å². The van der Waals surface area contributed by atoms with Gasteiger partial charge in [-0.2, -0.15) is 0 Å². The molecule has 4 aromatic carbocycles. The molecular weight excluding hydrogens is 935 g/mol. The molecule has 0 aromatic heterocycles. The number of hydrogen-bond acceptors (Lipinski definition) is 16. The van der Waals surface area contributed by atoms with E-state index in [0.717, 1.165) is 33.8 Å². The number of rotatable bonds is 14. The molecule has 0 spiro atoms. The summed E-state index contributed by atoms with van der Waals surface area (Å²) in [5.74, 6) is 1.60. The summed E-state index contributed by atoms with van der Waals surface area (Å²) in [6.45, 7) is 6.91. The van der Waals surface area contributed by atoms with Crippen molar-refractivity contribution in [2.24, 2.45) is 0 Å². The Morgan fingerprint density at radius 1 is 0.500 bits per heavy atom. The Bertz CT molecular complexity index is 1830. The van der Waals surface area contributed by atoms with Crippen LogP contribution in [0.15, 0.2) is 84.9 Å². The van der Waals surface area contributed by atoms with Gasteiger partial charge in [-0.05, 0) is 110 Å². The number of benzene rings is 4. The first-order valence-electron chi connectivity index (χ1n) is 21.6. The average Bonchev–Trinajstić information content (AvgIpc) is 3.31. The molecule has 12 atom stereocenters. The van der Waals surface area contributed by atoms with Crippen LogP contribution in [0.2, 0.25) is 10.0 Å². The Kier molecular flexibility index (Phi) is 29.0. The fourth-order valence-electron chi connectivity index (χ4n) is 6.75. The van der Waals surface area contributed by atoms with E-state index < -0.39 is 86.5 Å². The summed E-state index contributed by atoms with van der Waals surface area (Å²) in [6, 6.07) is 25.9. The quantitative estimate of drug-likeness (QED) is 0.0830. The van der Waals surface area contributed by atoms with Gasteiger partial charge in [0, 0.05) is 10.0 Å². The average molecular weight is 1010 g/mol. The molecule has 0 saturated carbocycles. The first kappa shape index (κ1) is 62.4. The number of aliphatic hydroxyl groups excluding tert-OH is 12. The summed E-state index contributed by atoms with van der Waals surface area (Å²) in [5, 5.41) is 113. The molecule has 2 aliphatic rings. The lowest BCUT2D eigenvalue weighted by Crippen LogP contribution is -2.55. The van der Waals surface area contributed by atoms with Crippen LogP contribution in [0.1, 0.15) is 73.3 Å². The maximum Gasteiger partial charge on any atom is 0.119 e. The van der Waals surface area contributed by atoms with E-state index in [4.69, 9.17) is 62.6 Å². The zero-order chi connectivity index (χ0) is 49.1. The van der Waals surface area contributed by atoms with Gasteiger partial charge in [-0.1, -0.05) is 71.7 Å². The Morgan fingerprint density at radius 3 is 1.07 bits per heavy atom. The van der Waals surface area contributed by atoms with Crippen molar-refractivity contribution in [1.29, 1.82) is 0 Å². The van der Waals surface area contributed by atoms with E-state index in [-0.39, 0.29) is 24.2 Å². The lowest BCUT2D eigenvalue weighted by Gasteiger charge is -2.40. The van der Waals surface area contributed by atoms with Crippen LogP contribution in [0.3, 0.4) is 0 Å². The van der Waals surface area contributed by atoms with Gasteiger partial charge >= 0.3 is 0 Å². The molecule has 4 aromatic rings. The lowest BCUT2D eigenvalue weighted by molar-refractivity contribution is -0.231. The fraction of sp³-hybridized carbons (Fsp3) is 0.500. The molecule has 2 aliphatic heterocycles. The third kappa shape index (κ3) is 18.6. The normalized spacial score (nSPS) is 24.9. The third-order valence-corrected chi connectivity index (χ3v) is 11.1. The molecule has 2 saturated heterocycles. The lowest BCUT2D eigenvalue weighted by atomic mass is 9.90. The van der Waals surface area contributed by atoms with Crippen LogP contribution in [0.4, 0.5) is 0 Å². The van der Waals surface area contributed by atoms with Crippen molar-refractivity contribution in [2.45, 2.75) is 114 Å². The minimum atomic E-state index is -1.42. The van der Waals surface area contributed by atoms with E-state index in [1.807, 2.05) is 74.5 Å². The largest absolute Gasteiger partial charge is 0.494 e. The zero-order valence-electron chi connectivity index (χ0n) is 38.4. The van der Waals surface area contributed by atoms with Crippen LogP contribution >= 0.6 is 23.2 Å². The second-order valence-electron chi connectivity index (χ2n) is 15.8. The number of aliphatic hydroxyl groups is 12. The molecular formula is C48H70Cl2O18. The van der Waals surface area contributed by atoms with E-state index in [1.165, 1.54) is 13.8 Å². The van der Waals surface area contributed by atoms with Crippen LogP contribution in [-0.2, 0) is 22.3 Å². The van der Waals surface area contributed by atoms with E-state index in [2.05, 4.69) is 0 Å². The van der Waals surface area contributed by atoms with Gasteiger partial charge in [-0.25, -0.2) is 0 Å². The highest BCUT2D eigenvalue weighted by atomic mass is 35.5. The molecule has 20 heteroatoms. The van der Waals surface area contributed by atoms with Crippen LogP contribution < -0.4 is 9.47 Å². The highest BCUT2D eigenvalue weighted by Gasteiger charge is 2.45. The summed E-state index contributed by atoms with van der Waals surface area (Å²) < 4.78 is 22.2. The first-order chi connectivity index (χ1) is 31.4. The highest BCUT2D eigenvalue weighted by molar-refractivity contribution is 6.31. The summed E-state index contributed by atoms with van der Waals surface area (Å²) in [5.41, 5.74) is 4.97. The fourth-order valence-corrected chi connectivity index (χ4v) is 7.12. The van der Waals surface area contributed by atoms with Gasteiger partial charge in [0.15, 0.2) is 0 Å². The number of hydrogen-bond donors (Lipinski definition) is 12. The third-order valence-electron chi connectivity index (χ3n) is 10.4. The van der Waals surface area contributed by atoms with Crippen molar-refractivity contribution in [2.75, 3.05) is 39.6 Å². The topological polar surface area (TPSA) is 343 Å². The molecule has 0 amide bonds. The van der Waals surface area contributed by atoms with Gasteiger partial charge < -0.3 is 91.2 Å². The van der Waals surface area contributed by atoms with Crippen molar-refractivity contribution < 1.29 is 91.2 Å². The zero-order valence-corrected chi connectivity index (χ0v) is 39.9. The van der Waals surface area contributed by atoms with E-state index >= 15 is 0 Å². The van der Waals surface area contributed by atoms with Gasteiger partial charge in [0.25, 0.3) is 0 Å². The number of ether oxygens (including phenoxy) is 4. The molecule has 2 heterocycles. The van der Waals surface area contributed by atoms with Gasteiger partial charge in [0.05, 0.1) is 51.8 Å². The SMILES string of the molecule is CC(O)CO.CCOc1ccc(Cc2cc(C3OC(CO)[C@@H](O)C(O)[C@H]3O)ccc2Cl)cc1.CCOc1ccc(Cc2cc([C@@H]3O[C@H](CO)[C@@H](O)[C@H](O)[C@H]3O)ccc2Cl)cc1.C[C@H](O)CO.O.O. The molecule has 0 aliphatic carbocycles. The van der Waals surface area contributed by atoms with Gasteiger partial charge in [0.1, 0.15) is 72.5 Å². The van der Waals surface area contributed by atoms with Crippen LogP contribution in [0.25, 0.3) is 0 Å². The van der Waals surface area contributed by atoms with E-state index in [0.29, 0.717) is 47.2 Å². The van der Waals surface area contributed by atoms with Crippen LogP contribution in [0, 0.1) is 0 Å². The standard InChI is InChI=1S/2C21H25ClO6.2C3H8O2.2H2O/c2*1-2-27-15-6-3-12(4-7-15)9-14-10-13(5-8-16(14)22)21-20(26)19(25)18(24)17(11-23)28-21;2*1-3(5)2-4;;/h2*3-8,10,17-21,23-26H,2,9,11H2,1H3;2*3-5H,2H2,1H3;2*1H2/t17?,18-,19?,20-,21?;17-,18-,19+,20-,21+;3-;;;/m110.../s1. The smallest absolute Gasteiger partial charge is 0.119 e. The maximum absolute atomic E-state index is 10.3. The molecule has 2 fully saturated rings. The minimum absolute atomic E-state index is 0. The summed E-state index contributed by atoms with van der Waals surface area (Å²) in [4.78, 5) is 0. The first-order valence-corrected chi connectivity index (χ1v) is 22.4.